The first-order chi connectivity index (χ1) is 22.5. The van der Waals surface area contributed by atoms with E-state index in [1.807, 2.05) is 47.5 Å². The average Bonchev–Trinajstić information content (AvgIpc) is 3.66. The van der Waals surface area contributed by atoms with Crippen LogP contribution in [-0.2, 0) is 23.0 Å². The number of aromatic nitrogens is 4. The zero-order chi connectivity index (χ0) is 33.2. The first-order valence-corrected chi connectivity index (χ1v) is 20.1. The van der Waals surface area contributed by atoms with Crippen LogP contribution >= 0.6 is 0 Å². The molecule has 1 amide bonds. The summed E-state index contributed by atoms with van der Waals surface area (Å²) in [4.78, 5) is 43.0. The van der Waals surface area contributed by atoms with E-state index in [0.29, 0.717) is 25.4 Å². The number of hydrogen-bond acceptors (Lipinski definition) is 6. The summed E-state index contributed by atoms with van der Waals surface area (Å²) in [5, 5.41) is 1.15. The van der Waals surface area contributed by atoms with Crippen LogP contribution in [0.15, 0.2) is 65.7 Å². The summed E-state index contributed by atoms with van der Waals surface area (Å²) in [6.45, 7) is 12.2. The Kier molecular flexibility index (Phi) is 9.44. The van der Waals surface area contributed by atoms with Crippen molar-refractivity contribution in [3.05, 3.63) is 88.4 Å². The van der Waals surface area contributed by atoms with Gasteiger partial charge in [-0.25, -0.2) is 9.97 Å². The zero-order valence-corrected chi connectivity index (χ0v) is 29.6. The summed E-state index contributed by atoms with van der Waals surface area (Å²) < 4.78 is 14.9. The normalized spacial score (nSPS) is 16.7. The number of hydrogen-bond donors (Lipinski definition) is 1. The number of aromatic amines is 1. The van der Waals surface area contributed by atoms with Crippen molar-refractivity contribution in [2.24, 2.45) is 0 Å². The van der Waals surface area contributed by atoms with Crippen molar-refractivity contribution in [3.8, 4) is 5.75 Å². The number of amides is 1. The smallest absolute Gasteiger partial charge is 0.294 e. The molecule has 0 radical (unpaired) electrons. The molecule has 0 bridgehead atoms. The summed E-state index contributed by atoms with van der Waals surface area (Å²) in [5.41, 5.74) is 1.19. The van der Waals surface area contributed by atoms with Crippen LogP contribution < -0.4 is 10.3 Å². The van der Waals surface area contributed by atoms with E-state index in [9.17, 15) is 9.59 Å². The largest absolute Gasteiger partial charge is 0.481 e. The molecule has 0 spiro atoms. The van der Waals surface area contributed by atoms with Crippen LogP contribution in [0.2, 0.25) is 18.1 Å². The summed E-state index contributed by atoms with van der Waals surface area (Å²) in [6, 6.07) is 15.9. The minimum absolute atomic E-state index is 0.0224. The molecule has 2 aliphatic rings. The Hall–Kier alpha value is -3.76. The molecule has 1 aromatic carbocycles. The van der Waals surface area contributed by atoms with E-state index in [1.165, 1.54) is 0 Å². The monoisotopic (exact) mass is 655 g/mol. The Morgan fingerprint density at radius 1 is 1.06 bits per heavy atom. The number of carbonyl (C=O) groups excluding carboxylic acids is 1. The number of fused-ring (bicyclic) bond motifs is 1. The predicted octanol–water partition coefficient (Wildman–Crippen LogP) is 7.23. The van der Waals surface area contributed by atoms with Crippen LogP contribution in [-0.4, -0.2) is 57.8 Å². The third-order valence-corrected chi connectivity index (χ3v) is 15.3. The van der Waals surface area contributed by atoms with Gasteiger partial charge in [0, 0.05) is 36.8 Å². The van der Waals surface area contributed by atoms with E-state index in [1.54, 1.807) is 0 Å². The predicted molar refractivity (Wildman–Crippen MR) is 187 cm³/mol. The van der Waals surface area contributed by atoms with Gasteiger partial charge in [0.15, 0.2) is 14.0 Å². The fourth-order valence-electron chi connectivity index (χ4n) is 6.70. The molecule has 3 heterocycles. The highest BCUT2D eigenvalue weighted by Gasteiger charge is 2.40. The van der Waals surface area contributed by atoms with Crippen LogP contribution in [0.3, 0.4) is 0 Å². The molecule has 0 saturated heterocycles. The Bertz CT molecular complexity index is 1750. The summed E-state index contributed by atoms with van der Waals surface area (Å²) in [6.07, 6.45) is 11.4. The van der Waals surface area contributed by atoms with E-state index in [2.05, 4.69) is 61.7 Å². The fourth-order valence-corrected chi connectivity index (χ4v) is 7.73. The number of H-pyrrole nitrogens is 1. The topological polar surface area (TPSA) is 102 Å². The maximum Gasteiger partial charge on any atom is 0.294 e. The first-order valence-electron chi connectivity index (χ1n) is 17.1. The minimum atomic E-state index is -2.01. The molecule has 4 aromatic rings. The van der Waals surface area contributed by atoms with Crippen LogP contribution in [0.1, 0.15) is 87.6 Å². The first kappa shape index (κ1) is 33.1. The molecule has 0 unspecified atom stereocenters. The van der Waals surface area contributed by atoms with E-state index in [4.69, 9.17) is 19.1 Å². The average molecular weight is 656 g/mol. The van der Waals surface area contributed by atoms with E-state index < -0.39 is 13.9 Å². The summed E-state index contributed by atoms with van der Waals surface area (Å²) >= 11 is 0. The Balaban J connectivity index is 1.35. The van der Waals surface area contributed by atoms with Gasteiger partial charge >= 0.3 is 0 Å². The second kappa shape index (κ2) is 13.4. The molecule has 2 aliphatic carbocycles. The Morgan fingerprint density at radius 3 is 2.49 bits per heavy atom. The number of carbonyl (C=O) groups is 1. The number of nitrogens with zero attached hydrogens (tertiary/aromatic N) is 4. The van der Waals surface area contributed by atoms with E-state index >= 15 is 0 Å². The maximum atomic E-state index is 14.6. The molecular formula is C37H49N5O4Si. The lowest BCUT2D eigenvalue weighted by Gasteiger charge is -2.40. The van der Waals surface area contributed by atoms with Crippen LogP contribution in [0.4, 0.5) is 0 Å². The number of rotatable bonds is 12. The molecule has 0 atom stereocenters. The van der Waals surface area contributed by atoms with Gasteiger partial charge in [-0.3, -0.25) is 9.59 Å². The highest BCUT2D eigenvalue weighted by Crippen LogP contribution is 2.41. The molecule has 250 valence electrons. The SMILES string of the molecule is CC(C)(C)[Si](C)(C)OCCN(C(=O)c1nc(CC2(n3ccc4cccnc43)CCCC2)[nH]c(=O)c1OCc1ccccc1)C1CCC1. The molecule has 2 fully saturated rings. The van der Waals surface area contributed by atoms with Gasteiger partial charge in [0.2, 0.25) is 5.75 Å². The van der Waals surface area contributed by atoms with Gasteiger partial charge in [0.05, 0.1) is 12.1 Å². The van der Waals surface area contributed by atoms with Crippen LogP contribution in [0.25, 0.3) is 11.0 Å². The number of benzene rings is 1. The van der Waals surface area contributed by atoms with Gasteiger partial charge in [-0.05, 0) is 74.0 Å². The Labute approximate surface area is 278 Å². The number of ether oxygens (including phenoxy) is 1. The van der Waals surface area contributed by atoms with Gasteiger partial charge in [0.1, 0.15) is 18.1 Å². The minimum Gasteiger partial charge on any atom is -0.481 e. The maximum absolute atomic E-state index is 14.6. The van der Waals surface area contributed by atoms with Crippen LogP contribution in [0, 0.1) is 0 Å². The third-order valence-electron chi connectivity index (χ3n) is 10.7. The highest BCUT2D eigenvalue weighted by atomic mass is 28.4. The van der Waals surface area contributed by atoms with Crippen LogP contribution in [0.5, 0.6) is 5.75 Å². The second-order valence-electron chi connectivity index (χ2n) is 14.9. The number of pyridine rings is 1. The van der Waals surface area contributed by atoms with Gasteiger partial charge < -0.3 is 23.6 Å². The lowest BCUT2D eigenvalue weighted by Crippen LogP contribution is -2.48. The molecule has 2 saturated carbocycles. The highest BCUT2D eigenvalue weighted by molar-refractivity contribution is 6.74. The molecule has 10 heteroatoms. The van der Waals surface area contributed by atoms with E-state index in [0.717, 1.165) is 61.5 Å². The van der Waals surface area contributed by atoms with Gasteiger partial charge in [-0.15, -0.1) is 0 Å². The quantitative estimate of drug-likeness (QED) is 0.162. The van der Waals surface area contributed by atoms with Crippen molar-refractivity contribution >= 4 is 25.3 Å². The lowest BCUT2D eigenvalue weighted by atomic mass is 9.91. The fraction of sp³-hybridized carbons (Fsp3) is 0.514. The van der Waals surface area contributed by atoms with Crippen molar-refractivity contribution in [2.75, 3.05) is 13.2 Å². The van der Waals surface area contributed by atoms with Crippen molar-refractivity contribution in [3.63, 3.8) is 0 Å². The molecule has 9 nitrogen and oxygen atoms in total. The molecule has 6 rings (SSSR count). The van der Waals surface area contributed by atoms with E-state index in [-0.39, 0.29) is 40.6 Å². The third kappa shape index (κ3) is 6.94. The van der Waals surface area contributed by atoms with Gasteiger partial charge in [-0.2, -0.15) is 0 Å². The molecular weight excluding hydrogens is 607 g/mol. The molecule has 1 N–H and O–H groups in total. The summed E-state index contributed by atoms with van der Waals surface area (Å²) in [7, 11) is -2.01. The van der Waals surface area contributed by atoms with Gasteiger partial charge in [-0.1, -0.05) is 63.9 Å². The van der Waals surface area contributed by atoms with Crippen molar-refractivity contribution < 1.29 is 14.0 Å². The van der Waals surface area contributed by atoms with Gasteiger partial charge in [0.25, 0.3) is 11.5 Å². The van der Waals surface area contributed by atoms with Crippen molar-refractivity contribution in [1.82, 2.24) is 24.4 Å². The molecule has 0 aliphatic heterocycles. The number of nitrogens with one attached hydrogen (secondary N) is 1. The molecule has 3 aromatic heterocycles. The summed E-state index contributed by atoms with van der Waals surface area (Å²) in [5.74, 6) is 0.208. The van der Waals surface area contributed by atoms with Crippen molar-refractivity contribution in [2.45, 2.75) is 108 Å². The zero-order valence-electron chi connectivity index (χ0n) is 28.6. The Morgan fingerprint density at radius 2 is 1.81 bits per heavy atom. The molecule has 47 heavy (non-hydrogen) atoms. The van der Waals surface area contributed by atoms with Crippen molar-refractivity contribution in [1.29, 1.82) is 0 Å². The second-order valence-corrected chi connectivity index (χ2v) is 19.7. The standard InChI is InChI=1S/C37H49N5O4Si/c1-36(2,3)47(4,5)46-24-23-41(29-16-11-17-29)35(44)31-32(45-26-27-13-7-6-8-14-27)34(43)40-30(39-31)25-37(19-9-10-20-37)42-22-18-28-15-12-21-38-33(28)42/h6-8,12-15,18,21-22,29H,9-11,16-17,19-20,23-26H2,1-5H3,(H,39,40,43). The lowest BCUT2D eigenvalue weighted by molar-refractivity contribution is 0.0519.